The molecule has 0 aromatic rings. The van der Waals surface area contributed by atoms with E-state index in [1.54, 1.807) is 0 Å². The van der Waals surface area contributed by atoms with Crippen LogP contribution in [-0.2, 0) is 0 Å². The van der Waals surface area contributed by atoms with Gasteiger partial charge in [-0.3, -0.25) is 11.3 Å². The van der Waals surface area contributed by atoms with E-state index in [-0.39, 0.29) is 0 Å². The van der Waals surface area contributed by atoms with Crippen LogP contribution < -0.4 is 11.3 Å². The van der Waals surface area contributed by atoms with Gasteiger partial charge in [-0.05, 0) is 30.6 Å². The summed E-state index contributed by atoms with van der Waals surface area (Å²) in [6.45, 7) is 6.87. The SMILES string of the molecule is CCC1CCC(C(NN)C(C)CC)C1. The molecule has 14 heavy (non-hydrogen) atoms. The van der Waals surface area contributed by atoms with Crippen molar-refractivity contribution in [3.05, 3.63) is 0 Å². The van der Waals surface area contributed by atoms with Gasteiger partial charge in [0.05, 0.1) is 0 Å². The monoisotopic (exact) mass is 198 g/mol. The number of hydrogen-bond donors (Lipinski definition) is 2. The molecule has 0 amide bonds. The van der Waals surface area contributed by atoms with E-state index >= 15 is 0 Å². The molecule has 0 heterocycles. The Labute approximate surface area is 88.6 Å². The Balaban J connectivity index is 2.46. The fourth-order valence-corrected chi connectivity index (χ4v) is 2.83. The maximum Gasteiger partial charge on any atom is 0.0264 e. The summed E-state index contributed by atoms with van der Waals surface area (Å²) in [4.78, 5) is 0. The van der Waals surface area contributed by atoms with Gasteiger partial charge in [0.25, 0.3) is 0 Å². The molecule has 4 unspecified atom stereocenters. The third-order valence-electron chi connectivity index (χ3n) is 4.12. The lowest BCUT2D eigenvalue weighted by molar-refractivity contribution is 0.263. The predicted octanol–water partition coefficient (Wildman–Crippen LogP) is 2.69. The quantitative estimate of drug-likeness (QED) is 0.526. The van der Waals surface area contributed by atoms with Crippen molar-refractivity contribution in [2.24, 2.45) is 23.6 Å². The molecule has 1 saturated carbocycles. The molecule has 1 aliphatic rings. The molecule has 1 fully saturated rings. The van der Waals surface area contributed by atoms with Gasteiger partial charge >= 0.3 is 0 Å². The summed E-state index contributed by atoms with van der Waals surface area (Å²) in [5.74, 6) is 8.15. The highest BCUT2D eigenvalue weighted by atomic mass is 15.2. The van der Waals surface area contributed by atoms with Crippen LogP contribution in [0.15, 0.2) is 0 Å². The van der Waals surface area contributed by atoms with Crippen LogP contribution in [0, 0.1) is 17.8 Å². The zero-order valence-corrected chi connectivity index (χ0v) is 9.92. The van der Waals surface area contributed by atoms with Crippen LogP contribution in [0.25, 0.3) is 0 Å². The van der Waals surface area contributed by atoms with E-state index in [0.29, 0.717) is 12.0 Å². The minimum absolute atomic E-state index is 0.538. The zero-order valence-electron chi connectivity index (χ0n) is 9.92. The highest BCUT2D eigenvalue weighted by Gasteiger charge is 2.31. The van der Waals surface area contributed by atoms with Crippen molar-refractivity contribution in [1.82, 2.24) is 5.43 Å². The number of nitrogens with two attached hydrogens (primary N) is 1. The second-order valence-electron chi connectivity index (χ2n) is 4.93. The molecule has 84 valence electrons. The van der Waals surface area contributed by atoms with Crippen LogP contribution in [0.2, 0.25) is 0 Å². The Morgan fingerprint density at radius 1 is 1.36 bits per heavy atom. The number of rotatable bonds is 5. The van der Waals surface area contributed by atoms with Gasteiger partial charge in [-0.1, -0.05) is 40.0 Å². The molecule has 0 aromatic carbocycles. The average Bonchev–Trinajstić information content (AvgIpc) is 2.67. The molecule has 4 atom stereocenters. The molecule has 0 aromatic heterocycles. The molecule has 3 N–H and O–H groups in total. The fourth-order valence-electron chi connectivity index (χ4n) is 2.83. The van der Waals surface area contributed by atoms with Crippen molar-refractivity contribution >= 4 is 0 Å². The Kier molecular flexibility index (Phi) is 4.90. The first-order valence-corrected chi connectivity index (χ1v) is 6.19. The van der Waals surface area contributed by atoms with Crippen LogP contribution in [-0.4, -0.2) is 6.04 Å². The molecule has 0 radical (unpaired) electrons. The second-order valence-corrected chi connectivity index (χ2v) is 4.93. The van der Waals surface area contributed by atoms with E-state index in [4.69, 9.17) is 5.84 Å². The fraction of sp³-hybridized carbons (Fsp3) is 1.00. The lowest BCUT2D eigenvalue weighted by atomic mass is 9.86. The lowest BCUT2D eigenvalue weighted by Gasteiger charge is -2.28. The summed E-state index contributed by atoms with van der Waals surface area (Å²) in [7, 11) is 0. The topological polar surface area (TPSA) is 38.0 Å². The normalized spacial score (nSPS) is 31.7. The van der Waals surface area contributed by atoms with E-state index < -0.39 is 0 Å². The first kappa shape index (κ1) is 12.0. The third kappa shape index (κ3) is 2.71. The minimum atomic E-state index is 0.538. The largest absolute Gasteiger partial charge is 0.271 e. The smallest absolute Gasteiger partial charge is 0.0264 e. The van der Waals surface area contributed by atoms with E-state index in [1.807, 2.05) is 0 Å². The van der Waals surface area contributed by atoms with Crippen molar-refractivity contribution in [2.45, 2.75) is 58.9 Å². The van der Waals surface area contributed by atoms with Crippen LogP contribution >= 0.6 is 0 Å². The van der Waals surface area contributed by atoms with Gasteiger partial charge in [0.1, 0.15) is 0 Å². The zero-order chi connectivity index (χ0) is 10.6. The lowest BCUT2D eigenvalue weighted by Crippen LogP contribution is -2.44. The first-order chi connectivity index (χ1) is 6.72. The van der Waals surface area contributed by atoms with E-state index in [1.165, 1.54) is 32.1 Å². The molecular weight excluding hydrogens is 172 g/mol. The Bertz CT molecular complexity index is 158. The van der Waals surface area contributed by atoms with E-state index in [9.17, 15) is 0 Å². The van der Waals surface area contributed by atoms with Crippen LogP contribution in [0.5, 0.6) is 0 Å². The summed E-state index contributed by atoms with van der Waals surface area (Å²) in [6.07, 6.45) is 6.74. The molecule has 0 saturated heterocycles. The maximum absolute atomic E-state index is 5.67. The molecule has 2 heteroatoms. The van der Waals surface area contributed by atoms with Crippen molar-refractivity contribution < 1.29 is 0 Å². The van der Waals surface area contributed by atoms with Gasteiger partial charge in [0.15, 0.2) is 0 Å². The van der Waals surface area contributed by atoms with Crippen molar-refractivity contribution in [3.8, 4) is 0 Å². The van der Waals surface area contributed by atoms with E-state index in [2.05, 4.69) is 26.2 Å². The predicted molar refractivity (Wildman–Crippen MR) is 61.7 cm³/mol. The highest BCUT2D eigenvalue weighted by molar-refractivity contribution is 4.85. The summed E-state index contributed by atoms with van der Waals surface area (Å²) >= 11 is 0. The van der Waals surface area contributed by atoms with Gasteiger partial charge in [0.2, 0.25) is 0 Å². The third-order valence-corrected chi connectivity index (χ3v) is 4.12. The molecule has 0 spiro atoms. The summed E-state index contributed by atoms with van der Waals surface area (Å²) in [5.41, 5.74) is 3.04. The summed E-state index contributed by atoms with van der Waals surface area (Å²) in [5, 5.41) is 0. The summed E-state index contributed by atoms with van der Waals surface area (Å²) < 4.78 is 0. The molecule has 0 bridgehead atoms. The molecule has 1 aliphatic carbocycles. The van der Waals surface area contributed by atoms with E-state index in [0.717, 1.165) is 11.8 Å². The van der Waals surface area contributed by atoms with Crippen molar-refractivity contribution in [1.29, 1.82) is 0 Å². The van der Waals surface area contributed by atoms with Gasteiger partial charge in [-0.25, -0.2) is 0 Å². The maximum atomic E-state index is 5.67. The van der Waals surface area contributed by atoms with Gasteiger partial charge in [-0.15, -0.1) is 0 Å². The van der Waals surface area contributed by atoms with Gasteiger partial charge in [-0.2, -0.15) is 0 Å². The molecular formula is C12H26N2. The van der Waals surface area contributed by atoms with Gasteiger partial charge in [0, 0.05) is 6.04 Å². The number of hydrogen-bond acceptors (Lipinski definition) is 2. The Hall–Kier alpha value is -0.0800. The second kappa shape index (κ2) is 5.72. The summed E-state index contributed by atoms with van der Waals surface area (Å²) in [6, 6.07) is 0.538. The van der Waals surface area contributed by atoms with Crippen LogP contribution in [0.3, 0.4) is 0 Å². The number of nitrogens with one attached hydrogen (secondary N) is 1. The molecule has 1 rings (SSSR count). The molecule has 2 nitrogen and oxygen atoms in total. The van der Waals surface area contributed by atoms with Gasteiger partial charge < -0.3 is 0 Å². The standard InChI is InChI=1S/C12H26N2/c1-4-9(3)12(14-13)11-7-6-10(5-2)8-11/h9-12,14H,4-8,13H2,1-3H3. The molecule has 0 aliphatic heterocycles. The Morgan fingerprint density at radius 2 is 2.07 bits per heavy atom. The first-order valence-electron chi connectivity index (χ1n) is 6.19. The Morgan fingerprint density at radius 3 is 2.50 bits per heavy atom. The minimum Gasteiger partial charge on any atom is -0.271 e. The highest BCUT2D eigenvalue weighted by Crippen LogP contribution is 2.36. The van der Waals surface area contributed by atoms with Crippen LogP contribution in [0.1, 0.15) is 52.9 Å². The van der Waals surface area contributed by atoms with Crippen LogP contribution in [0.4, 0.5) is 0 Å². The van der Waals surface area contributed by atoms with Crippen molar-refractivity contribution in [2.75, 3.05) is 0 Å². The van der Waals surface area contributed by atoms with Crippen molar-refractivity contribution in [3.63, 3.8) is 0 Å². The number of hydrazine groups is 1. The average molecular weight is 198 g/mol.